The molecule has 3 aromatic carbocycles. The minimum atomic E-state index is -3.99. The average Bonchev–Trinajstić information content (AvgIpc) is 3.26. The molecule has 0 aliphatic heterocycles. The largest absolute Gasteiger partial charge is 0.322 e. The molecule has 0 fully saturated rings. The number of halogens is 2. The molecule has 7 nitrogen and oxygen atoms in total. The molecule has 0 atom stereocenters. The van der Waals surface area contributed by atoms with E-state index in [1.54, 1.807) is 29.1 Å². The van der Waals surface area contributed by atoms with Crippen LogP contribution in [0.3, 0.4) is 0 Å². The molecule has 0 aliphatic rings. The van der Waals surface area contributed by atoms with Gasteiger partial charge in [0.15, 0.2) is 0 Å². The fraction of sp³-hybridized carbons (Fsp3) is 0. The van der Waals surface area contributed by atoms with E-state index in [0.29, 0.717) is 11.3 Å². The van der Waals surface area contributed by atoms with Crippen LogP contribution in [0.4, 0.5) is 11.4 Å². The number of hydrogen-bond acceptors (Lipinski definition) is 4. The van der Waals surface area contributed by atoms with Crippen LogP contribution in [0.5, 0.6) is 0 Å². The molecule has 32 heavy (non-hydrogen) atoms. The molecule has 0 unspecified atom stereocenters. The first-order valence-corrected chi connectivity index (χ1v) is 11.6. The number of nitrogens with one attached hydrogen (secondary N) is 2. The van der Waals surface area contributed by atoms with Crippen LogP contribution < -0.4 is 10.0 Å². The van der Waals surface area contributed by atoms with Gasteiger partial charge in [0.05, 0.1) is 27.5 Å². The second kappa shape index (κ2) is 9.04. The minimum absolute atomic E-state index is 0.0185. The summed E-state index contributed by atoms with van der Waals surface area (Å²) < 4.78 is 29.3. The molecule has 2 N–H and O–H groups in total. The number of sulfonamides is 1. The van der Waals surface area contributed by atoms with Gasteiger partial charge in [-0.2, -0.15) is 5.10 Å². The van der Waals surface area contributed by atoms with Crippen LogP contribution >= 0.6 is 23.2 Å². The number of aromatic nitrogens is 2. The fourth-order valence-corrected chi connectivity index (χ4v) is 5.14. The van der Waals surface area contributed by atoms with Gasteiger partial charge in [0, 0.05) is 17.6 Å². The highest BCUT2D eigenvalue weighted by molar-refractivity contribution is 7.93. The third-order valence-corrected chi connectivity index (χ3v) is 6.78. The van der Waals surface area contributed by atoms with E-state index in [1.807, 2.05) is 30.3 Å². The van der Waals surface area contributed by atoms with Crippen LogP contribution in [0, 0.1) is 0 Å². The summed E-state index contributed by atoms with van der Waals surface area (Å²) in [6.45, 7) is 0. The van der Waals surface area contributed by atoms with Crippen molar-refractivity contribution in [3.63, 3.8) is 0 Å². The Morgan fingerprint density at radius 2 is 1.47 bits per heavy atom. The van der Waals surface area contributed by atoms with Crippen LogP contribution in [0.15, 0.2) is 90.1 Å². The lowest BCUT2D eigenvalue weighted by Crippen LogP contribution is -2.14. The van der Waals surface area contributed by atoms with E-state index in [2.05, 4.69) is 15.1 Å². The number of rotatable bonds is 6. The van der Waals surface area contributed by atoms with Gasteiger partial charge in [0.2, 0.25) is 0 Å². The predicted octanol–water partition coefficient (Wildman–Crippen LogP) is 5.23. The topological polar surface area (TPSA) is 93.1 Å². The quantitative estimate of drug-likeness (QED) is 0.390. The van der Waals surface area contributed by atoms with E-state index in [-0.39, 0.29) is 26.5 Å². The Balaban J connectivity index is 1.45. The lowest BCUT2D eigenvalue weighted by molar-refractivity contribution is 0.102. The first-order valence-electron chi connectivity index (χ1n) is 9.32. The standard InChI is InChI=1S/C22H16Cl2N4O3S/c23-19-7-4-8-20(24)21(19)32(30,31)27-17-11-9-16(10-12-17)26-22(29)15-13-25-28(14-15)18-5-2-1-3-6-18/h1-14,27H,(H,26,29). The number of hydrogen-bond donors (Lipinski definition) is 2. The Bertz CT molecular complexity index is 1350. The van der Waals surface area contributed by atoms with Crippen LogP contribution in [-0.2, 0) is 10.0 Å². The molecular formula is C22H16Cl2N4O3S. The SMILES string of the molecule is O=C(Nc1ccc(NS(=O)(=O)c2c(Cl)cccc2Cl)cc1)c1cnn(-c2ccccc2)c1. The number of carbonyl (C=O) groups is 1. The molecule has 1 aromatic heterocycles. The number of amides is 1. The van der Waals surface area contributed by atoms with Crippen LogP contribution in [0.2, 0.25) is 10.0 Å². The number of benzene rings is 3. The summed E-state index contributed by atoms with van der Waals surface area (Å²) in [5.74, 6) is -0.344. The summed E-state index contributed by atoms with van der Waals surface area (Å²) in [7, 11) is -3.99. The highest BCUT2D eigenvalue weighted by Crippen LogP contribution is 2.30. The van der Waals surface area contributed by atoms with Crippen molar-refractivity contribution in [1.29, 1.82) is 0 Å². The molecule has 4 aromatic rings. The predicted molar refractivity (Wildman–Crippen MR) is 125 cm³/mol. The van der Waals surface area contributed by atoms with Gasteiger partial charge in [-0.1, -0.05) is 47.5 Å². The molecule has 4 rings (SSSR count). The molecular weight excluding hydrogens is 471 g/mol. The molecule has 10 heteroatoms. The van der Waals surface area contributed by atoms with Gasteiger partial charge >= 0.3 is 0 Å². The third kappa shape index (κ3) is 4.77. The lowest BCUT2D eigenvalue weighted by Gasteiger charge is -2.11. The fourth-order valence-electron chi connectivity index (χ4n) is 2.93. The van der Waals surface area contributed by atoms with Crippen molar-refractivity contribution in [3.05, 3.63) is 101 Å². The van der Waals surface area contributed by atoms with Gasteiger partial charge in [-0.25, -0.2) is 13.1 Å². The maximum atomic E-state index is 12.7. The number of nitrogens with zero attached hydrogens (tertiary/aromatic N) is 2. The third-order valence-electron chi connectivity index (χ3n) is 4.45. The molecule has 1 heterocycles. The maximum Gasteiger partial charge on any atom is 0.264 e. The molecule has 0 spiro atoms. The van der Waals surface area contributed by atoms with Gasteiger partial charge in [-0.15, -0.1) is 0 Å². The Hall–Kier alpha value is -3.33. The zero-order chi connectivity index (χ0) is 22.7. The van der Waals surface area contributed by atoms with E-state index in [9.17, 15) is 13.2 Å². The molecule has 1 amide bonds. The normalized spacial score (nSPS) is 11.2. The van der Waals surface area contributed by atoms with Gasteiger partial charge in [-0.05, 0) is 48.5 Å². The van der Waals surface area contributed by atoms with Crippen molar-refractivity contribution in [2.24, 2.45) is 0 Å². The number of anilines is 2. The monoisotopic (exact) mass is 486 g/mol. The summed E-state index contributed by atoms with van der Waals surface area (Å²) >= 11 is 12.0. The Morgan fingerprint density at radius 3 is 2.12 bits per heavy atom. The summed E-state index contributed by atoms with van der Waals surface area (Å²) in [4.78, 5) is 12.3. The van der Waals surface area contributed by atoms with Crippen molar-refractivity contribution < 1.29 is 13.2 Å². The molecule has 0 bridgehead atoms. The number of carbonyl (C=O) groups excluding carboxylic acids is 1. The highest BCUT2D eigenvalue weighted by atomic mass is 35.5. The van der Waals surface area contributed by atoms with Crippen LogP contribution in [0.1, 0.15) is 10.4 Å². The zero-order valence-corrected chi connectivity index (χ0v) is 18.7. The van der Waals surface area contributed by atoms with E-state index in [0.717, 1.165) is 5.69 Å². The van der Waals surface area contributed by atoms with E-state index in [1.165, 1.54) is 30.5 Å². The van der Waals surface area contributed by atoms with Crippen molar-refractivity contribution in [3.8, 4) is 5.69 Å². The van der Waals surface area contributed by atoms with Gasteiger partial charge < -0.3 is 5.32 Å². The van der Waals surface area contributed by atoms with Crippen molar-refractivity contribution >= 4 is 50.5 Å². The van der Waals surface area contributed by atoms with E-state index in [4.69, 9.17) is 23.2 Å². The molecule has 0 saturated heterocycles. The van der Waals surface area contributed by atoms with Gasteiger partial charge in [0.1, 0.15) is 4.90 Å². The molecule has 0 aliphatic carbocycles. The van der Waals surface area contributed by atoms with E-state index < -0.39 is 10.0 Å². The zero-order valence-electron chi connectivity index (χ0n) is 16.4. The highest BCUT2D eigenvalue weighted by Gasteiger charge is 2.21. The molecule has 0 radical (unpaired) electrons. The van der Waals surface area contributed by atoms with Crippen molar-refractivity contribution in [2.45, 2.75) is 4.90 Å². The lowest BCUT2D eigenvalue weighted by atomic mass is 10.2. The molecule has 162 valence electrons. The van der Waals surface area contributed by atoms with Crippen LogP contribution in [0.25, 0.3) is 5.69 Å². The Labute approximate surface area is 194 Å². The summed E-state index contributed by atoms with van der Waals surface area (Å²) in [5.41, 5.74) is 1.99. The van der Waals surface area contributed by atoms with Crippen LogP contribution in [-0.4, -0.2) is 24.1 Å². The van der Waals surface area contributed by atoms with Gasteiger partial charge in [-0.3, -0.25) is 9.52 Å². The van der Waals surface area contributed by atoms with Crippen molar-refractivity contribution in [2.75, 3.05) is 10.0 Å². The Kier molecular flexibility index (Phi) is 6.18. The second-order valence-electron chi connectivity index (χ2n) is 6.70. The average molecular weight is 487 g/mol. The Morgan fingerprint density at radius 1 is 0.844 bits per heavy atom. The summed E-state index contributed by atoms with van der Waals surface area (Å²) in [5, 5.41) is 6.99. The minimum Gasteiger partial charge on any atom is -0.322 e. The summed E-state index contributed by atoms with van der Waals surface area (Å²) in [6.07, 6.45) is 3.10. The van der Waals surface area contributed by atoms with Gasteiger partial charge in [0.25, 0.3) is 15.9 Å². The smallest absolute Gasteiger partial charge is 0.264 e. The van der Waals surface area contributed by atoms with E-state index >= 15 is 0 Å². The first-order chi connectivity index (χ1) is 15.3. The number of para-hydroxylation sites is 1. The van der Waals surface area contributed by atoms with Crippen molar-refractivity contribution in [1.82, 2.24) is 9.78 Å². The first kappa shape index (κ1) is 21.9. The summed E-state index contributed by atoms with van der Waals surface area (Å²) in [6, 6.07) is 20.1. The molecule has 0 saturated carbocycles. The second-order valence-corrected chi connectivity index (χ2v) is 9.13. The maximum absolute atomic E-state index is 12.7.